The fourth-order valence-electron chi connectivity index (χ4n) is 1.60. The minimum Gasteiger partial charge on any atom is -0.481 e. The lowest BCUT2D eigenvalue weighted by Gasteiger charge is -2.16. The van der Waals surface area contributed by atoms with E-state index in [2.05, 4.69) is 19.2 Å². The Kier molecular flexibility index (Phi) is 5.89. The molecule has 1 aromatic heterocycles. The summed E-state index contributed by atoms with van der Waals surface area (Å²) in [6, 6.07) is 0.932. The first-order valence-electron chi connectivity index (χ1n) is 5.95. The van der Waals surface area contributed by atoms with Crippen molar-refractivity contribution in [3.05, 3.63) is 17.2 Å². The van der Waals surface area contributed by atoms with Gasteiger partial charge in [0.25, 0.3) is 6.43 Å². The highest BCUT2D eigenvalue weighted by atomic mass is 19.4. The Morgan fingerprint density at radius 2 is 2.00 bits per heavy atom. The second-order valence-corrected chi connectivity index (χ2v) is 3.87. The van der Waals surface area contributed by atoms with Crippen LogP contribution in [0.3, 0.4) is 0 Å². The highest BCUT2D eigenvalue weighted by Crippen LogP contribution is 2.36. The Labute approximate surface area is 122 Å². The Balaban J connectivity index is 3.33. The summed E-state index contributed by atoms with van der Waals surface area (Å²) in [6.07, 6.45) is -9.22. The van der Waals surface area contributed by atoms with Gasteiger partial charge < -0.3 is 14.2 Å². The van der Waals surface area contributed by atoms with E-state index in [4.69, 9.17) is 0 Å². The number of carbonyl (C=O) groups is 1. The van der Waals surface area contributed by atoms with E-state index in [1.54, 1.807) is 0 Å². The first-order chi connectivity index (χ1) is 10.2. The third-order valence-electron chi connectivity index (χ3n) is 2.37. The zero-order valence-corrected chi connectivity index (χ0v) is 11.5. The van der Waals surface area contributed by atoms with Crippen LogP contribution in [-0.4, -0.2) is 31.0 Å². The Hall–Kier alpha value is -2.13. The number of rotatable bonds is 6. The molecule has 1 heterocycles. The predicted octanol–water partition coefficient (Wildman–Crippen LogP) is 3.03. The molecule has 0 unspecified atom stereocenters. The van der Waals surface area contributed by atoms with Crippen LogP contribution in [0.15, 0.2) is 6.07 Å². The molecule has 0 N–H and O–H groups in total. The van der Waals surface area contributed by atoms with Crippen LogP contribution in [0.25, 0.3) is 0 Å². The summed E-state index contributed by atoms with van der Waals surface area (Å²) in [7, 11) is 1.08. The Morgan fingerprint density at radius 3 is 2.45 bits per heavy atom. The van der Waals surface area contributed by atoms with Gasteiger partial charge in [-0.25, -0.2) is 8.78 Å². The zero-order valence-electron chi connectivity index (χ0n) is 11.5. The smallest absolute Gasteiger partial charge is 0.481 e. The van der Waals surface area contributed by atoms with Gasteiger partial charge in [0, 0.05) is 6.07 Å². The van der Waals surface area contributed by atoms with E-state index in [9.17, 15) is 26.7 Å². The number of ether oxygens (including phenoxy) is 3. The molecule has 0 aromatic carbocycles. The van der Waals surface area contributed by atoms with Crippen LogP contribution in [0, 0.1) is 0 Å². The number of pyridine rings is 1. The van der Waals surface area contributed by atoms with Crippen molar-refractivity contribution in [3.63, 3.8) is 0 Å². The minimum absolute atomic E-state index is 0.00300. The Bertz CT molecular complexity index is 533. The molecule has 0 aliphatic carbocycles. The van der Waals surface area contributed by atoms with E-state index in [0.717, 1.165) is 13.2 Å². The van der Waals surface area contributed by atoms with Crippen LogP contribution >= 0.6 is 0 Å². The lowest BCUT2D eigenvalue weighted by Crippen LogP contribution is -2.20. The summed E-state index contributed by atoms with van der Waals surface area (Å²) >= 11 is 0. The van der Waals surface area contributed by atoms with Crippen molar-refractivity contribution in [1.29, 1.82) is 0 Å². The number of hydrogen-bond donors (Lipinski definition) is 0. The third-order valence-corrected chi connectivity index (χ3v) is 2.37. The SMILES string of the molecule is CCOC(=O)Cc1cc(OC)nc(OC(F)(F)F)c1C(F)F. The summed E-state index contributed by atoms with van der Waals surface area (Å²) in [6.45, 7) is 1.49. The second-order valence-electron chi connectivity index (χ2n) is 3.87. The maximum Gasteiger partial charge on any atom is 0.574 e. The molecule has 22 heavy (non-hydrogen) atoms. The molecule has 0 saturated carbocycles. The summed E-state index contributed by atoms with van der Waals surface area (Å²) in [4.78, 5) is 14.6. The summed E-state index contributed by atoms with van der Waals surface area (Å²) in [5.74, 6) is -2.64. The van der Waals surface area contributed by atoms with Crippen molar-refractivity contribution in [1.82, 2.24) is 4.98 Å². The number of halogens is 5. The molecule has 1 rings (SSSR count). The maximum atomic E-state index is 13.1. The number of alkyl halides is 5. The van der Waals surface area contributed by atoms with Crippen LogP contribution < -0.4 is 9.47 Å². The lowest BCUT2D eigenvalue weighted by atomic mass is 10.1. The highest BCUT2D eigenvalue weighted by molar-refractivity contribution is 5.73. The van der Waals surface area contributed by atoms with Crippen molar-refractivity contribution in [2.45, 2.75) is 26.1 Å². The molecule has 124 valence electrons. The maximum absolute atomic E-state index is 13.1. The van der Waals surface area contributed by atoms with Gasteiger partial charge in [-0.15, -0.1) is 13.2 Å². The quantitative estimate of drug-likeness (QED) is 0.593. The minimum atomic E-state index is -5.22. The van der Waals surface area contributed by atoms with E-state index in [1.165, 1.54) is 6.92 Å². The number of methoxy groups -OCH3 is 1. The standard InChI is InChI=1S/C12H12F5NO4/c1-3-21-8(19)5-6-4-7(20-2)18-11(9(6)10(13)14)22-12(15,16)17/h4,10H,3,5H2,1-2H3. The van der Waals surface area contributed by atoms with Crippen LogP contribution in [0.4, 0.5) is 22.0 Å². The molecule has 0 fully saturated rings. The van der Waals surface area contributed by atoms with Crippen molar-refractivity contribution in [3.8, 4) is 11.8 Å². The predicted molar refractivity (Wildman–Crippen MR) is 62.8 cm³/mol. The molecular formula is C12H12F5NO4. The van der Waals surface area contributed by atoms with E-state index in [1.807, 2.05) is 0 Å². The van der Waals surface area contributed by atoms with Gasteiger partial charge in [0.2, 0.25) is 11.8 Å². The largest absolute Gasteiger partial charge is 0.574 e. The first-order valence-corrected chi connectivity index (χ1v) is 5.95. The summed E-state index contributed by atoms with van der Waals surface area (Å²) in [5, 5.41) is 0. The van der Waals surface area contributed by atoms with Gasteiger partial charge in [-0.1, -0.05) is 0 Å². The van der Waals surface area contributed by atoms with E-state index >= 15 is 0 Å². The molecule has 0 aliphatic heterocycles. The van der Waals surface area contributed by atoms with E-state index in [0.29, 0.717) is 0 Å². The van der Waals surface area contributed by atoms with Gasteiger partial charge in [-0.2, -0.15) is 4.98 Å². The van der Waals surface area contributed by atoms with Gasteiger partial charge in [0.05, 0.1) is 25.7 Å². The molecule has 0 bridgehead atoms. The Morgan fingerprint density at radius 1 is 1.36 bits per heavy atom. The first kappa shape index (κ1) is 17.9. The third kappa shape index (κ3) is 5.01. The molecule has 1 aromatic rings. The van der Waals surface area contributed by atoms with Crippen molar-refractivity contribution in [2.24, 2.45) is 0 Å². The molecule has 0 amide bonds. The number of esters is 1. The van der Waals surface area contributed by atoms with Crippen LogP contribution in [0.2, 0.25) is 0 Å². The fourth-order valence-corrected chi connectivity index (χ4v) is 1.60. The van der Waals surface area contributed by atoms with Crippen molar-refractivity contribution < 1.29 is 41.0 Å². The molecule has 0 spiro atoms. The van der Waals surface area contributed by atoms with E-state index < -0.39 is 48.1 Å². The number of hydrogen-bond acceptors (Lipinski definition) is 5. The molecule has 0 aliphatic rings. The van der Waals surface area contributed by atoms with Gasteiger partial charge >= 0.3 is 12.3 Å². The molecule has 0 saturated heterocycles. The average molecular weight is 329 g/mol. The summed E-state index contributed by atoms with van der Waals surface area (Å²) in [5.41, 5.74) is -1.55. The summed E-state index contributed by atoms with van der Waals surface area (Å²) < 4.78 is 75.7. The van der Waals surface area contributed by atoms with Crippen LogP contribution in [0.5, 0.6) is 11.8 Å². The molecule has 0 radical (unpaired) electrons. The fraction of sp³-hybridized carbons (Fsp3) is 0.500. The molecular weight excluding hydrogens is 317 g/mol. The lowest BCUT2D eigenvalue weighted by molar-refractivity contribution is -0.276. The molecule has 5 nitrogen and oxygen atoms in total. The highest BCUT2D eigenvalue weighted by Gasteiger charge is 2.36. The number of carbonyl (C=O) groups excluding carboxylic acids is 1. The van der Waals surface area contributed by atoms with Gasteiger partial charge in [-0.3, -0.25) is 4.79 Å². The number of nitrogens with zero attached hydrogens (tertiary/aromatic N) is 1. The van der Waals surface area contributed by atoms with Crippen LogP contribution in [-0.2, 0) is 16.0 Å². The molecule has 10 heteroatoms. The average Bonchev–Trinajstić information content (AvgIpc) is 2.35. The number of aromatic nitrogens is 1. The van der Waals surface area contributed by atoms with E-state index in [-0.39, 0.29) is 6.61 Å². The normalized spacial score (nSPS) is 11.5. The topological polar surface area (TPSA) is 57.7 Å². The zero-order chi connectivity index (χ0) is 16.9. The monoisotopic (exact) mass is 329 g/mol. The van der Waals surface area contributed by atoms with Crippen molar-refractivity contribution in [2.75, 3.05) is 13.7 Å². The second kappa shape index (κ2) is 7.23. The van der Waals surface area contributed by atoms with Gasteiger partial charge in [-0.05, 0) is 12.5 Å². The van der Waals surface area contributed by atoms with Crippen LogP contribution in [0.1, 0.15) is 24.5 Å². The van der Waals surface area contributed by atoms with Gasteiger partial charge in [0.15, 0.2) is 0 Å². The van der Waals surface area contributed by atoms with Crippen molar-refractivity contribution >= 4 is 5.97 Å². The molecule has 0 atom stereocenters. The van der Waals surface area contributed by atoms with Gasteiger partial charge in [0.1, 0.15) is 0 Å².